The number of carboxylic acids is 1. The maximum atomic E-state index is 13.2. The number of alkyl halides is 3. The zero-order valence-corrected chi connectivity index (χ0v) is 22.9. The van der Waals surface area contributed by atoms with Crippen molar-refractivity contribution >= 4 is 22.8 Å². The number of anilines is 1. The fourth-order valence-electron chi connectivity index (χ4n) is 5.27. The van der Waals surface area contributed by atoms with Crippen molar-refractivity contribution in [3.05, 3.63) is 70.7 Å². The van der Waals surface area contributed by atoms with Gasteiger partial charge in [-0.2, -0.15) is 13.2 Å². The Morgan fingerprint density at radius 2 is 1.82 bits per heavy atom. The van der Waals surface area contributed by atoms with Gasteiger partial charge in [0.25, 0.3) is 0 Å². The molecule has 0 saturated heterocycles. The molecule has 1 atom stereocenters. The van der Waals surface area contributed by atoms with Gasteiger partial charge >= 0.3 is 12.1 Å². The van der Waals surface area contributed by atoms with Crippen LogP contribution in [-0.2, 0) is 12.7 Å². The Morgan fingerprint density at radius 1 is 1.12 bits per heavy atom. The Labute approximate surface area is 230 Å². The fraction of sp³-hybridized carbons (Fsp3) is 0.400. The van der Waals surface area contributed by atoms with Gasteiger partial charge in [-0.15, -0.1) is 0 Å². The largest absolute Gasteiger partial charge is 0.475 e. The van der Waals surface area contributed by atoms with Crippen LogP contribution in [0.1, 0.15) is 78.8 Å². The van der Waals surface area contributed by atoms with Gasteiger partial charge in [0.05, 0.1) is 22.5 Å². The number of nitrogens with zero attached hydrogens (tertiary/aromatic N) is 4. The van der Waals surface area contributed by atoms with Crippen LogP contribution in [0.2, 0.25) is 0 Å². The van der Waals surface area contributed by atoms with Crippen molar-refractivity contribution in [2.45, 2.75) is 71.6 Å². The molecule has 4 aromatic rings. The fourth-order valence-corrected chi connectivity index (χ4v) is 5.27. The number of aryl methyl sites for hydroxylation is 1. The summed E-state index contributed by atoms with van der Waals surface area (Å²) in [6.45, 7) is 8.30. The van der Waals surface area contributed by atoms with Gasteiger partial charge in [0.1, 0.15) is 5.52 Å². The van der Waals surface area contributed by atoms with E-state index in [4.69, 9.17) is 0 Å². The number of hydrogen-bond acceptors (Lipinski definition) is 5. The third-order valence-electron chi connectivity index (χ3n) is 7.86. The monoisotopic (exact) mass is 551 g/mol. The van der Waals surface area contributed by atoms with Gasteiger partial charge in [-0.05, 0) is 73.9 Å². The molecular weight excluding hydrogens is 519 g/mol. The molecule has 1 aliphatic carbocycles. The van der Waals surface area contributed by atoms with Crippen molar-refractivity contribution in [3.8, 4) is 11.4 Å². The van der Waals surface area contributed by atoms with Crippen molar-refractivity contribution < 1.29 is 23.1 Å². The standard InChI is InChI=1S/C30H32F3N5O2/c1-16(2)21-12-13-34-23(14-21)25-17(3)24-26(38(25)15-19-8-10-22(11-9-19)30(31,32)33)27(37-28(36-24)29(39)40)35-18(4)20-6-5-7-20/h8-14,16,18,20H,5-7,15H2,1-4H3,(H,39,40)(H,35,36,37). The quantitative estimate of drug-likeness (QED) is 0.239. The van der Waals surface area contributed by atoms with Crippen molar-refractivity contribution in [2.24, 2.45) is 5.92 Å². The van der Waals surface area contributed by atoms with E-state index in [0.29, 0.717) is 39.7 Å². The number of hydrogen-bond donors (Lipinski definition) is 2. The maximum absolute atomic E-state index is 13.2. The van der Waals surface area contributed by atoms with Gasteiger partial charge in [-0.25, -0.2) is 14.8 Å². The predicted octanol–water partition coefficient (Wildman–Crippen LogP) is 7.29. The average molecular weight is 552 g/mol. The first-order chi connectivity index (χ1) is 18.9. The topological polar surface area (TPSA) is 92.9 Å². The van der Waals surface area contributed by atoms with Crippen LogP contribution in [-0.4, -0.2) is 36.6 Å². The molecule has 210 valence electrons. The minimum atomic E-state index is -4.43. The summed E-state index contributed by atoms with van der Waals surface area (Å²) in [4.78, 5) is 25.5. The lowest BCUT2D eigenvalue weighted by Gasteiger charge is -2.32. The van der Waals surface area contributed by atoms with E-state index >= 15 is 0 Å². The zero-order chi connectivity index (χ0) is 28.8. The Bertz CT molecular complexity index is 1560. The number of carbonyl (C=O) groups is 1. The first kappa shape index (κ1) is 27.6. The number of rotatable bonds is 8. The molecule has 1 aromatic carbocycles. The van der Waals surface area contributed by atoms with Crippen LogP contribution in [0, 0.1) is 12.8 Å². The van der Waals surface area contributed by atoms with E-state index in [-0.39, 0.29) is 24.3 Å². The molecule has 0 radical (unpaired) electrons. The van der Waals surface area contributed by atoms with Gasteiger partial charge < -0.3 is 15.0 Å². The van der Waals surface area contributed by atoms with Gasteiger partial charge in [0, 0.05) is 24.3 Å². The summed E-state index contributed by atoms with van der Waals surface area (Å²) < 4.78 is 41.7. The number of carboxylic acid groups (broad SMARTS) is 1. The molecule has 3 aromatic heterocycles. The predicted molar refractivity (Wildman–Crippen MR) is 148 cm³/mol. The van der Waals surface area contributed by atoms with E-state index in [1.54, 1.807) is 6.20 Å². The molecule has 1 unspecified atom stereocenters. The summed E-state index contributed by atoms with van der Waals surface area (Å²) in [6.07, 6.45) is 0.615. The van der Waals surface area contributed by atoms with Crippen LogP contribution in [0.4, 0.5) is 19.0 Å². The Hall–Kier alpha value is -3.95. The lowest BCUT2D eigenvalue weighted by Crippen LogP contribution is -2.31. The molecule has 1 fully saturated rings. The molecule has 2 N–H and O–H groups in total. The van der Waals surface area contributed by atoms with Crippen molar-refractivity contribution in [1.82, 2.24) is 19.5 Å². The molecule has 1 aliphatic rings. The smallest absolute Gasteiger partial charge is 0.416 e. The summed E-state index contributed by atoms with van der Waals surface area (Å²) in [7, 11) is 0. The molecule has 0 bridgehead atoms. The number of aromatic carboxylic acids is 1. The summed E-state index contributed by atoms with van der Waals surface area (Å²) in [5.41, 5.74) is 4.17. The number of benzene rings is 1. The lowest BCUT2D eigenvalue weighted by atomic mass is 9.80. The summed E-state index contributed by atoms with van der Waals surface area (Å²) in [5.74, 6) is -0.475. The number of fused-ring (bicyclic) bond motifs is 1. The Kier molecular flexibility index (Phi) is 7.29. The third kappa shape index (κ3) is 5.26. The van der Waals surface area contributed by atoms with E-state index < -0.39 is 17.7 Å². The van der Waals surface area contributed by atoms with Crippen LogP contribution in [0.3, 0.4) is 0 Å². The van der Waals surface area contributed by atoms with Crippen LogP contribution >= 0.6 is 0 Å². The second-order valence-electron chi connectivity index (χ2n) is 10.9. The Balaban J connectivity index is 1.74. The molecule has 40 heavy (non-hydrogen) atoms. The van der Waals surface area contributed by atoms with Crippen LogP contribution in [0.25, 0.3) is 22.4 Å². The molecule has 0 spiro atoms. The van der Waals surface area contributed by atoms with Crippen molar-refractivity contribution in [2.75, 3.05) is 5.32 Å². The first-order valence-corrected chi connectivity index (χ1v) is 13.5. The number of nitrogens with one attached hydrogen (secondary N) is 1. The first-order valence-electron chi connectivity index (χ1n) is 13.5. The summed E-state index contributed by atoms with van der Waals surface area (Å²) >= 11 is 0. The minimum Gasteiger partial charge on any atom is -0.475 e. The minimum absolute atomic E-state index is 0.0501. The van der Waals surface area contributed by atoms with Gasteiger partial charge in [-0.3, -0.25) is 4.98 Å². The number of pyridine rings is 1. The average Bonchev–Trinajstić information content (AvgIpc) is 3.14. The van der Waals surface area contributed by atoms with Crippen molar-refractivity contribution in [1.29, 1.82) is 0 Å². The molecule has 7 nitrogen and oxygen atoms in total. The van der Waals surface area contributed by atoms with Crippen LogP contribution < -0.4 is 5.32 Å². The van der Waals surface area contributed by atoms with E-state index in [1.165, 1.54) is 12.1 Å². The second kappa shape index (κ2) is 10.6. The highest BCUT2D eigenvalue weighted by Crippen LogP contribution is 2.38. The van der Waals surface area contributed by atoms with E-state index in [0.717, 1.165) is 42.5 Å². The molecule has 5 rings (SSSR count). The second-order valence-corrected chi connectivity index (χ2v) is 10.9. The molecule has 1 saturated carbocycles. The number of aromatic nitrogens is 4. The molecule has 10 heteroatoms. The Morgan fingerprint density at radius 3 is 2.40 bits per heavy atom. The van der Waals surface area contributed by atoms with E-state index in [1.807, 2.05) is 23.6 Å². The van der Waals surface area contributed by atoms with E-state index in [2.05, 4.69) is 41.0 Å². The highest BCUT2D eigenvalue weighted by molar-refractivity contribution is 5.97. The van der Waals surface area contributed by atoms with Crippen LogP contribution in [0.15, 0.2) is 42.6 Å². The maximum Gasteiger partial charge on any atom is 0.416 e. The van der Waals surface area contributed by atoms with E-state index in [9.17, 15) is 23.1 Å². The summed E-state index contributed by atoms with van der Waals surface area (Å²) in [5, 5.41) is 13.3. The lowest BCUT2D eigenvalue weighted by molar-refractivity contribution is -0.137. The van der Waals surface area contributed by atoms with Crippen molar-refractivity contribution in [3.63, 3.8) is 0 Å². The number of halogens is 3. The molecule has 0 aliphatic heterocycles. The summed E-state index contributed by atoms with van der Waals surface area (Å²) in [6, 6.07) is 9.05. The molecular formula is C30H32F3N5O2. The highest BCUT2D eigenvalue weighted by atomic mass is 19.4. The third-order valence-corrected chi connectivity index (χ3v) is 7.86. The molecule has 3 heterocycles. The van der Waals surface area contributed by atoms with Gasteiger partial charge in [0.15, 0.2) is 5.82 Å². The van der Waals surface area contributed by atoms with Gasteiger partial charge in [0.2, 0.25) is 5.82 Å². The van der Waals surface area contributed by atoms with Gasteiger partial charge in [-0.1, -0.05) is 32.4 Å². The van der Waals surface area contributed by atoms with Crippen LogP contribution in [0.5, 0.6) is 0 Å². The highest BCUT2D eigenvalue weighted by Gasteiger charge is 2.31. The zero-order valence-electron chi connectivity index (χ0n) is 22.9. The SMILES string of the molecule is Cc1c(-c2cc(C(C)C)ccn2)n(Cc2ccc(C(F)(F)F)cc2)c2c(NC(C)C3CCC3)nc(C(=O)O)nc12. The molecule has 0 amide bonds. The normalized spacial score (nSPS) is 14.9.